The van der Waals surface area contributed by atoms with E-state index in [9.17, 15) is 0 Å². The van der Waals surface area contributed by atoms with Crippen molar-refractivity contribution in [3.8, 4) is 0 Å². The van der Waals surface area contributed by atoms with E-state index in [1.165, 1.54) is 11.1 Å². The second-order valence-corrected chi connectivity index (χ2v) is 3.67. The van der Waals surface area contributed by atoms with E-state index in [4.69, 9.17) is 0 Å². The molecule has 15 heavy (non-hydrogen) atoms. The predicted molar refractivity (Wildman–Crippen MR) is 64.0 cm³/mol. The van der Waals surface area contributed by atoms with Gasteiger partial charge in [-0.1, -0.05) is 17.7 Å². The number of aliphatic imine (C=N–C) groups is 1. The molecule has 1 aromatic carbocycles. The van der Waals surface area contributed by atoms with E-state index in [1.54, 1.807) is 0 Å². The number of aromatic amines is 1. The molecule has 2 heteroatoms. The fourth-order valence-corrected chi connectivity index (χ4v) is 1.51. The van der Waals surface area contributed by atoms with E-state index in [2.05, 4.69) is 36.0 Å². The van der Waals surface area contributed by atoms with Gasteiger partial charge in [0.1, 0.15) is 0 Å². The van der Waals surface area contributed by atoms with Crippen molar-refractivity contribution in [1.82, 2.24) is 4.98 Å². The van der Waals surface area contributed by atoms with Crippen LogP contribution in [0.4, 0.5) is 5.69 Å². The molecule has 1 heterocycles. The maximum atomic E-state index is 4.43. The molecule has 1 N–H and O–H groups in total. The molecule has 0 saturated heterocycles. The molecule has 0 aliphatic rings. The maximum absolute atomic E-state index is 4.43. The Morgan fingerprint density at radius 1 is 1.20 bits per heavy atom. The summed E-state index contributed by atoms with van der Waals surface area (Å²) in [4.78, 5) is 7.52. The van der Waals surface area contributed by atoms with Crippen molar-refractivity contribution in [3.63, 3.8) is 0 Å². The van der Waals surface area contributed by atoms with Crippen LogP contribution in [0.25, 0.3) is 0 Å². The number of H-pyrrole nitrogens is 1. The number of aryl methyl sites for hydroxylation is 2. The van der Waals surface area contributed by atoms with Crippen LogP contribution in [0.2, 0.25) is 0 Å². The number of nitrogens with zero attached hydrogens (tertiary/aromatic N) is 1. The largest absolute Gasteiger partial charge is 0.360 e. The molecule has 0 unspecified atom stereocenters. The SMILES string of the molecule is Cc1ccc(N=Cc2ccc[nH]2)c(C)c1. The molecule has 0 radical (unpaired) electrons. The minimum Gasteiger partial charge on any atom is -0.360 e. The first-order valence-corrected chi connectivity index (χ1v) is 5.00. The smallest absolute Gasteiger partial charge is 0.0659 e. The van der Waals surface area contributed by atoms with Crippen molar-refractivity contribution >= 4 is 11.9 Å². The average Bonchev–Trinajstić information content (AvgIpc) is 2.69. The third kappa shape index (κ3) is 2.34. The van der Waals surface area contributed by atoms with Gasteiger partial charge >= 0.3 is 0 Å². The zero-order valence-electron chi connectivity index (χ0n) is 8.99. The lowest BCUT2D eigenvalue weighted by Gasteiger charge is -2.00. The van der Waals surface area contributed by atoms with E-state index in [0.29, 0.717) is 0 Å². The summed E-state index contributed by atoms with van der Waals surface area (Å²) < 4.78 is 0. The van der Waals surface area contributed by atoms with E-state index in [-0.39, 0.29) is 0 Å². The van der Waals surface area contributed by atoms with Gasteiger partial charge in [-0.15, -0.1) is 0 Å². The Morgan fingerprint density at radius 2 is 2.07 bits per heavy atom. The summed E-state index contributed by atoms with van der Waals surface area (Å²) in [6.07, 6.45) is 3.74. The normalized spacial score (nSPS) is 11.1. The first-order valence-electron chi connectivity index (χ1n) is 5.00. The summed E-state index contributed by atoms with van der Waals surface area (Å²) in [5.74, 6) is 0. The van der Waals surface area contributed by atoms with Gasteiger partial charge in [-0.3, -0.25) is 4.99 Å². The van der Waals surface area contributed by atoms with E-state index >= 15 is 0 Å². The van der Waals surface area contributed by atoms with Gasteiger partial charge in [0.05, 0.1) is 17.6 Å². The zero-order chi connectivity index (χ0) is 10.7. The Bertz CT molecular complexity index is 467. The van der Waals surface area contributed by atoms with Gasteiger partial charge in [0.25, 0.3) is 0 Å². The summed E-state index contributed by atoms with van der Waals surface area (Å²) in [5.41, 5.74) is 4.52. The van der Waals surface area contributed by atoms with Crippen molar-refractivity contribution in [1.29, 1.82) is 0 Å². The highest BCUT2D eigenvalue weighted by Crippen LogP contribution is 2.18. The summed E-state index contributed by atoms with van der Waals surface area (Å²) >= 11 is 0. The van der Waals surface area contributed by atoms with E-state index in [1.807, 2.05) is 30.6 Å². The molecule has 2 aromatic rings. The van der Waals surface area contributed by atoms with E-state index in [0.717, 1.165) is 11.4 Å². The van der Waals surface area contributed by atoms with Gasteiger partial charge in [0.15, 0.2) is 0 Å². The second kappa shape index (κ2) is 4.13. The highest BCUT2D eigenvalue weighted by molar-refractivity contribution is 5.80. The molecule has 0 spiro atoms. The lowest BCUT2D eigenvalue weighted by Crippen LogP contribution is -1.81. The van der Waals surface area contributed by atoms with Gasteiger partial charge in [0.2, 0.25) is 0 Å². The van der Waals surface area contributed by atoms with Crippen LogP contribution in [0.3, 0.4) is 0 Å². The minimum absolute atomic E-state index is 1.02. The topological polar surface area (TPSA) is 28.1 Å². The lowest BCUT2D eigenvalue weighted by molar-refractivity contribution is 1.34. The van der Waals surface area contributed by atoms with Crippen LogP contribution in [0.5, 0.6) is 0 Å². The molecular formula is C13H14N2. The second-order valence-electron chi connectivity index (χ2n) is 3.67. The van der Waals surface area contributed by atoms with Crippen molar-refractivity contribution < 1.29 is 0 Å². The molecule has 0 saturated carbocycles. The fourth-order valence-electron chi connectivity index (χ4n) is 1.51. The quantitative estimate of drug-likeness (QED) is 0.716. The molecular weight excluding hydrogens is 184 g/mol. The summed E-state index contributed by atoms with van der Waals surface area (Å²) in [7, 11) is 0. The van der Waals surface area contributed by atoms with Crippen molar-refractivity contribution in [2.24, 2.45) is 4.99 Å². The first-order chi connectivity index (χ1) is 7.25. The number of hydrogen-bond acceptors (Lipinski definition) is 1. The Hall–Kier alpha value is -1.83. The standard InChI is InChI=1S/C13H14N2/c1-10-5-6-13(11(2)8-10)15-9-12-4-3-7-14-12/h3-9,14H,1-2H3. The summed E-state index contributed by atoms with van der Waals surface area (Å²) in [6.45, 7) is 4.17. The van der Waals surface area contributed by atoms with Gasteiger partial charge in [-0.05, 0) is 37.6 Å². The zero-order valence-corrected chi connectivity index (χ0v) is 8.99. The van der Waals surface area contributed by atoms with Crippen molar-refractivity contribution in [2.75, 3.05) is 0 Å². The highest BCUT2D eigenvalue weighted by atomic mass is 14.8. The number of benzene rings is 1. The Morgan fingerprint density at radius 3 is 2.73 bits per heavy atom. The predicted octanol–water partition coefficient (Wildman–Crippen LogP) is 3.38. The third-order valence-corrected chi connectivity index (χ3v) is 2.32. The van der Waals surface area contributed by atoms with E-state index < -0.39 is 0 Å². The number of hydrogen-bond donors (Lipinski definition) is 1. The summed E-state index contributed by atoms with van der Waals surface area (Å²) in [5, 5.41) is 0. The van der Waals surface area contributed by atoms with Crippen LogP contribution < -0.4 is 0 Å². The molecule has 76 valence electrons. The fraction of sp³-hybridized carbons (Fsp3) is 0.154. The molecule has 0 amide bonds. The number of nitrogens with one attached hydrogen (secondary N) is 1. The summed E-state index contributed by atoms with van der Waals surface area (Å²) in [6, 6.07) is 10.2. The molecule has 2 nitrogen and oxygen atoms in total. The van der Waals surface area contributed by atoms with Gasteiger partial charge in [-0.2, -0.15) is 0 Å². The van der Waals surface area contributed by atoms with Gasteiger partial charge < -0.3 is 4.98 Å². The van der Waals surface area contributed by atoms with Crippen LogP contribution >= 0.6 is 0 Å². The van der Waals surface area contributed by atoms with Crippen LogP contribution in [-0.2, 0) is 0 Å². The molecule has 2 rings (SSSR count). The van der Waals surface area contributed by atoms with Crippen LogP contribution in [-0.4, -0.2) is 11.2 Å². The van der Waals surface area contributed by atoms with Crippen LogP contribution in [0.15, 0.2) is 41.5 Å². The molecule has 0 aliphatic carbocycles. The van der Waals surface area contributed by atoms with Crippen molar-refractivity contribution in [2.45, 2.75) is 13.8 Å². The lowest BCUT2D eigenvalue weighted by atomic mass is 10.1. The molecule has 0 fully saturated rings. The van der Waals surface area contributed by atoms with Gasteiger partial charge in [-0.25, -0.2) is 0 Å². The molecule has 0 atom stereocenters. The third-order valence-electron chi connectivity index (χ3n) is 2.32. The van der Waals surface area contributed by atoms with Crippen LogP contribution in [0.1, 0.15) is 16.8 Å². The number of rotatable bonds is 2. The highest BCUT2D eigenvalue weighted by Gasteiger charge is 1.95. The maximum Gasteiger partial charge on any atom is 0.0659 e. The minimum atomic E-state index is 1.02. The Balaban J connectivity index is 2.24. The monoisotopic (exact) mass is 198 g/mol. The number of aromatic nitrogens is 1. The van der Waals surface area contributed by atoms with Gasteiger partial charge in [0, 0.05) is 6.20 Å². The Labute approximate surface area is 89.7 Å². The molecule has 0 aliphatic heterocycles. The Kier molecular flexibility index (Phi) is 2.68. The van der Waals surface area contributed by atoms with Crippen LogP contribution in [0, 0.1) is 13.8 Å². The molecule has 1 aromatic heterocycles. The molecule has 0 bridgehead atoms. The first kappa shape index (κ1) is 9.71. The average molecular weight is 198 g/mol. The van der Waals surface area contributed by atoms with Crippen molar-refractivity contribution in [3.05, 3.63) is 53.3 Å².